The lowest BCUT2D eigenvalue weighted by Gasteiger charge is -2.15. The highest BCUT2D eigenvalue weighted by Gasteiger charge is 2.22. The average Bonchev–Trinajstić information content (AvgIpc) is 3.21. The van der Waals surface area contributed by atoms with E-state index in [0.29, 0.717) is 5.75 Å². The van der Waals surface area contributed by atoms with Gasteiger partial charge in [-0.25, -0.2) is 0 Å². The highest BCUT2D eigenvalue weighted by Crippen LogP contribution is 2.34. The normalized spacial score (nSPS) is 11.0. The maximum Gasteiger partial charge on any atom is 0.322 e. The summed E-state index contributed by atoms with van der Waals surface area (Å²) in [6.45, 7) is 6.58. The third kappa shape index (κ3) is 5.12. The molecular weight excluding hydrogens is 420 g/mol. The molecule has 0 bridgehead atoms. The molecule has 3 heterocycles. The summed E-state index contributed by atoms with van der Waals surface area (Å²) in [5.41, 5.74) is 0.142. The predicted octanol–water partition coefficient (Wildman–Crippen LogP) is 3.08. The van der Waals surface area contributed by atoms with Crippen LogP contribution in [-0.4, -0.2) is 50.3 Å². The van der Waals surface area contributed by atoms with E-state index in [1.807, 2.05) is 6.07 Å². The first-order chi connectivity index (χ1) is 14.7. The van der Waals surface area contributed by atoms with Crippen LogP contribution in [0.15, 0.2) is 34.9 Å². The minimum Gasteiger partial charge on any atom is -0.479 e. The Labute approximate surface area is 180 Å². The van der Waals surface area contributed by atoms with Gasteiger partial charge in [-0.15, -0.1) is 0 Å². The zero-order valence-corrected chi connectivity index (χ0v) is 19.2. The number of furan rings is 1. The van der Waals surface area contributed by atoms with E-state index in [1.165, 1.54) is 27.4 Å². The summed E-state index contributed by atoms with van der Waals surface area (Å²) in [7, 11) is 2.62. The van der Waals surface area contributed by atoms with Crippen LogP contribution < -0.4 is 29.6 Å². The minimum atomic E-state index is -1.59. The first-order valence-corrected chi connectivity index (χ1v) is 12.8. The van der Waals surface area contributed by atoms with Gasteiger partial charge in [0, 0.05) is 17.6 Å². The van der Waals surface area contributed by atoms with Gasteiger partial charge in [-0.3, -0.25) is 9.78 Å². The van der Waals surface area contributed by atoms with Crippen LogP contribution >= 0.6 is 0 Å². The lowest BCUT2D eigenvalue weighted by molar-refractivity contribution is 0.0990. The minimum absolute atomic E-state index is 0.0226. The number of carbonyl (C=O) groups excluding carboxylic acids is 1. The quantitative estimate of drug-likeness (QED) is 0.523. The van der Waals surface area contributed by atoms with Crippen molar-refractivity contribution in [2.24, 2.45) is 0 Å². The molecule has 0 saturated carbocycles. The van der Waals surface area contributed by atoms with Crippen molar-refractivity contribution in [3.8, 4) is 29.5 Å². The Balaban J connectivity index is 1.79. The molecule has 3 aromatic rings. The van der Waals surface area contributed by atoms with E-state index in [9.17, 15) is 4.79 Å². The lowest BCUT2D eigenvalue weighted by atomic mass is 10.4. The topological polar surface area (TPSA) is 118 Å². The van der Waals surface area contributed by atoms with Crippen molar-refractivity contribution in [2.45, 2.75) is 19.6 Å². The molecule has 0 aliphatic carbocycles. The maximum atomic E-state index is 12.7. The number of nitrogens with one attached hydrogen (secondary N) is 1. The number of pyridine rings is 1. The summed E-state index contributed by atoms with van der Waals surface area (Å²) in [5, 5.41) is 3.64. The molecular formula is C20H24N4O6Si. The van der Waals surface area contributed by atoms with Crippen molar-refractivity contribution in [1.29, 1.82) is 0 Å². The van der Waals surface area contributed by atoms with Crippen molar-refractivity contribution in [1.82, 2.24) is 15.0 Å². The summed E-state index contributed by atoms with van der Waals surface area (Å²) in [6.07, 6.45) is 1.70. The molecule has 0 aliphatic heterocycles. The molecule has 1 N–H and O–H groups in total. The number of amides is 1. The smallest absolute Gasteiger partial charge is 0.322 e. The van der Waals surface area contributed by atoms with Crippen LogP contribution in [0.2, 0.25) is 19.6 Å². The van der Waals surface area contributed by atoms with Crippen molar-refractivity contribution < 1.29 is 28.2 Å². The lowest BCUT2D eigenvalue weighted by Crippen LogP contribution is -2.39. The zero-order valence-electron chi connectivity index (χ0n) is 18.2. The predicted molar refractivity (Wildman–Crippen MR) is 116 cm³/mol. The number of anilines is 1. The summed E-state index contributed by atoms with van der Waals surface area (Å²) in [6, 6.07) is 6.71. The second kappa shape index (κ2) is 9.04. The Morgan fingerprint density at radius 3 is 2.26 bits per heavy atom. The van der Waals surface area contributed by atoms with E-state index in [2.05, 4.69) is 39.9 Å². The molecule has 0 aromatic carbocycles. The van der Waals surface area contributed by atoms with Crippen LogP contribution in [0.25, 0.3) is 0 Å². The van der Waals surface area contributed by atoms with E-state index in [0.717, 1.165) is 5.32 Å². The summed E-state index contributed by atoms with van der Waals surface area (Å²) >= 11 is 0. The molecule has 0 aliphatic rings. The molecule has 0 fully saturated rings. The van der Waals surface area contributed by atoms with Crippen LogP contribution in [0.5, 0.6) is 29.5 Å². The number of rotatable bonds is 8. The molecule has 31 heavy (non-hydrogen) atoms. The molecule has 0 radical (unpaired) electrons. The van der Waals surface area contributed by atoms with E-state index >= 15 is 0 Å². The van der Waals surface area contributed by atoms with Gasteiger partial charge in [0.2, 0.25) is 11.8 Å². The second-order valence-electron chi connectivity index (χ2n) is 7.41. The third-order valence-corrected chi connectivity index (χ3v) is 5.96. The maximum absolute atomic E-state index is 12.7. The summed E-state index contributed by atoms with van der Waals surface area (Å²) in [4.78, 5) is 25.2. The number of ether oxygens (including phenoxy) is 4. The number of nitrogens with zero attached hydrogens (tertiary/aromatic N) is 3. The molecule has 0 spiro atoms. The van der Waals surface area contributed by atoms with Gasteiger partial charge < -0.3 is 28.7 Å². The summed E-state index contributed by atoms with van der Waals surface area (Å²) in [5.74, 6) is 0.377. The summed E-state index contributed by atoms with van der Waals surface area (Å²) < 4.78 is 26.7. The Kier molecular flexibility index (Phi) is 6.44. The molecule has 0 saturated heterocycles. The Bertz CT molecular complexity index is 1050. The molecule has 0 unspecified atom stereocenters. The number of aromatic nitrogens is 3. The van der Waals surface area contributed by atoms with Gasteiger partial charge in [-0.1, -0.05) is 19.6 Å². The molecule has 10 nitrogen and oxygen atoms in total. The standard InChI is InChI=1S/C20H24N4O6Si/c1-26-18-16(19(27-2)24-20(23-18)28-3)22-17(25)13-7-8-15(30-13)29-12-9-10-21-14(11-12)31(4,5)6/h7-11H,1-6H3,(H,22,25). The van der Waals surface area contributed by atoms with Crippen LogP contribution in [-0.2, 0) is 0 Å². The van der Waals surface area contributed by atoms with Crippen LogP contribution in [0.4, 0.5) is 5.69 Å². The molecule has 3 aromatic heterocycles. The first kappa shape index (κ1) is 22.1. The van der Waals surface area contributed by atoms with Gasteiger partial charge in [0.15, 0.2) is 11.4 Å². The molecule has 164 valence electrons. The van der Waals surface area contributed by atoms with Crippen LogP contribution in [0.1, 0.15) is 10.6 Å². The zero-order chi connectivity index (χ0) is 22.6. The van der Waals surface area contributed by atoms with Crippen LogP contribution in [0, 0.1) is 0 Å². The van der Waals surface area contributed by atoms with Gasteiger partial charge in [0.05, 0.1) is 21.3 Å². The monoisotopic (exact) mass is 444 g/mol. The fraction of sp³-hybridized carbons (Fsp3) is 0.300. The van der Waals surface area contributed by atoms with Crippen molar-refractivity contribution >= 4 is 25.0 Å². The molecule has 3 rings (SSSR count). The van der Waals surface area contributed by atoms with Crippen molar-refractivity contribution in [3.05, 3.63) is 36.2 Å². The highest BCUT2D eigenvalue weighted by molar-refractivity contribution is 6.88. The van der Waals surface area contributed by atoms with E-state index in [1.54, 1.807) is 18.3 Å². The fourth-order valence-electron chi connectivity index (χ4n) is 2.57. The SMILES string of the molecule is COc1nc(OC)c(NC(=O)c2ccc(Oc3ccnc([Si](C)(C)C)c3)o2)c(OC)n1. The molecule has 1 amide bonds. The fourth-order valence-corrected chi connectivity index (χ4v) is 3.61. The van der Waals surface area contributed by atoms with Gasteiger partial charge >= 0.3 is 6.01 Å². The highest BCUT2D eigenvalue weighted by atomic mass is 28.3. The number of methoxy groups -OCH3 is 3. The van der Waals surface area contributed by atoms with Gasteiger partial charge in [-0.2, -0.15) is 9.97 Å². The largest absolute Gasteiger partial charge is 0.479 e. The van der Waals surface area contributed by atoms with E-state index in [-0.39, 0.29) is 35.2 Å². The number of hydrogen-bond acceptors (Lipinski definition) is 9. The Morgan fingerprint density at radius 1 is 1.00 bits per heavy atom. The molecule has 11 heteroatoms. The molecule has 0 atom stereocenters. The Morgan fingerprint density at radius 2 is 1.68 bits per heavy atom. The first-order valence-electron chi connectivity index (χ1n) is 9.34. The van der Waals surface area contributed by atoms with Crippen molar-refractivity contribution in [2.75, 3.05) is 26.6 Å². The average molecular weight is 445 g/mol. The van der Waals surface area contributed by atoms with Gasteiger partial charge in [-0.05, 0) is 18.2 Å². The van der Waals surface area contributed by atoms with E-state index in [4.69, 9.17) is 23.4 Å². The van der Waals surface area contributed by atoms with Gasteiger partial charge in [0.25, 0.3) is 11.9 Å². The number of carbonyl (C=O) groups is 1. The second-order valence-corrected chi connectivity index (χ2v) is 12.4. The van der Waals surface area contributed by atoms with Gasteiger partial charge in [0.1, 0.15) is 13.8 Å². The van der Waals surface area contributed by atoms with Crippen molar-refractivity contribution in [3.63, 3.8) is 0 Å². The van der Waals surface area contributed by atoms with Crippen LogP contribution in [0.3, 0.4) is 0 Å². The number of hydrogen-bond donors (Lipinski definition) is 1. The third-order valence-electron chi connectivity index (χ3n) is 4.15. The van der Waals surface area contributed by atoms with E-state index < -0.39 is 14.0 Å². The Hall–Kier alpha value is -3.60.